The Labute approximate surface area is 154 Å². The molecule has 0 bridgehead atoms. The summed E-state index contributed by atoms with van der Waals surface area (Å²) in [5.41, 5.74) is 1.58. The molecule has 2 amide bonds. The van der Waals surface area contributed by atoms with Gasteiger partial charge in [-0.15, -0.1) is 11.8 Å². The number of carbonyl (C=O) groups is 3. The molecule has 1 heterocycles. The van der Waals surface area contributed by atoms with Crippen LogP contribution in [0.1, 0.15) is 11.3 Å². The van der Waals surface area contributed by atoms with Crippen LogP contribution in [0, 0.1) is 13.8 Å². The maximum Gasteiger partial charge on any atom is 0.316 e. The quantitative estimate of drug-likeness (QED) is 0.678. The predicted molar refractivity (Wildman–Crippen MR) is 98.0 cm³/mol. The van der Waals surface area contributed by atoms with Crippen LogP contribution < -0.4 is 10.6 Å². The summed E-state index contributed by atoms with van der Waals surface area (Å²) < 4.78 is 9.72. The molecule has 0 saturated carbocycles. The summed E-state index contributed by atoms with van der Waals surface area (Å²) in [7, 11) is 0. The summed E-state index contributed by atoms with van der Waals surface area (Å²) in [5, 5.41) is 8.84. The van der Waals surface area contributed by atoms with Gasteiger partial charge in [0.25, 0.3) is 5.91 Å². The molecule has 2 rings (SSSR count). The summed E-state index contributed by atoms with van der Waals surface area (Å²) in [5.74, 6) is -0.381. The van der Waals surface area contributed by atoms with Crippen molar-refractivity contribution >= 4 is 41.1 Å². The van der Waals surface area contributed by atoms with E-state index in [9.17, 15) is 14.4 Å². The third kappa shape index (κ3) is 6.60. The molecule has 1 aromatic carbocycles. The highest BCUT2D eigenvalue weighted by atomic mass is 32.2. The molecule has 0 aliphatic rings. The molecule has 0 saturated heterocycles. The van der Waals surface area contributed by atoms with Gasteiger partial charge in [-0.25, -0.2) is 0 Å². The number of esters is 1. The number of amides is 2. The second-order valence-corrected chi connectivity index (χ2v) is 6.37. The number of aromatic nitrogens is 1. The third-order valence-corrected chi connectivity index (χ3v) is 4.04. The number of hydrogen-bond donors (Lipinski definition) is 2. The van der Waals surface area contributed by atoms with E-state index in [1.54, 1.807) is 25.1 Å². The number of hydrogen-bond acceptors (Lipinski definition) is 7. The maximum absolute atomic E-state index is 11.8. The SMILES string of the molecule is Cc1cc(NC(=O)CSCC(=O)OCC(=O)Nc2ccccc2C)no1. The van der Waals surface area contributed by atoms with E-state index < -0.39 is 11.9 Å². The minimum absolute atomic E-state index is 0.0388. The van der Waals surface area contributed by atoms with Crippen LogP contribution in [0.4, 0.5) is 11.5 Å². The Kier molecular flexibility index (Phi) is 7.22. The van der Waals surface area contributed by atoms with Crippen LogP contribution in [0.3, 0.4) is 0 Å². The van der Waals surface area contributed by atoms with Crippen LogP contribution >= 0.6 is 11.8 Å². The number of nitrogens with zero attached hydrogens (tertiary/aromatic N) is 1. The summed E-state index contributed by atoms with van der Waals surface area (Å²) >= 11 is 1.08. The van der Waals surface area contributed by atoms with E-state index in [1.165, 1.54) is 0 Å². The van der Waals surface area contributed by atoms with Crippen LogP contribution in [-0.4, -0.2) is 41.1 Å². The zero-order valence-corrected chi connectivity index (χ0v) is 15.2. The minimum atomic E-state index is -0.569. The number of ether oxygens (including phenoxy) is 1. The molecular weight excluding hydrogens is 358 g/mol. The zero-order valence-electron chi connectivity index (χ0n) is 14.4. The first-order valence-corrected chi connectivity index (χ1v) is 8.91. The number of carbonyl (C=O) groups excluding carboxylic acids is 3. The second-order valence-electron chi connectivity index (χ2n) is 5.39. The average molecular weight is 377 g/mol. The Morgan fingerprint density at radius 1 is 1.12 bits per heavy atom. The Hall–Kier alpha value is -2.81. The lowest BCUT2D eigenvalue weighted by Gasteiger charge is -2.08. The van der Waals surface area contributed by atoms with Crippen molar-refractivity contribution < 1.29 is 23.6 Å². The number of aryl methyl sites for hydroxylation is 2. The van der Waals surface area contributed by atoms with Gasteiger partial charge >= 0.3 is 5.97 Å². The van der Waals surface area contributed by atoms with Gasteiger partial charge in [-0.3, -0.25) is 14.4 Å². The molecule has 26 heavy (non-hydrogen) atoms. The van der Waals surface area contributed by atoms with Gasteiger partial charge in [0.05, 0.1) is 11.5 Å². The Balaban J connectivity index is 1.62. The fraction of sp³-hybridized carbons (Fsp3) is 0.294. The van der Waals surface area contributed by atoms with E-state index in [4.69, 9.17) is 9.26 Å². The molecule has 0 aliphatic carbocycles. The predicted octanol–water partition coefficient (Wildman–Crippen LogP) is 2.15. The smallest absolute Gasteiger partial charge is 0.316 e. The van der Waals surface area contributed by atoms with Crippen molar-refractivity contribution in [3.05, 3.63) is 41.7 Å². The molecule has 2 aromatic rings. The standard InChI is InChI=1S/C17H19N3O5S/c1-11-5-3-4-6-13(11)18-15(21)8-24-17(23)10-26-9-16(22)19-14-7-12(2)25-20-14/h3-7H,8-10H2,1-2H3,(H,18,21)(H,19,20,22). The van der Waals surface area contributed by atoms with E-state index in [2.05, 4.69) is 15.8 Å². The highest BCUT2D eigenvalue weighted by Crippen LogP contribution is 2.13. The first-order valence-electron chi connectivity index (χ1n) is 7.76. The Morgan fingerprint density at radius 2 is 1.88 bits per heavy atom. The fourth-order valence-electron chi connectivity index (χ4n) is 1.92. The zero-order chi connectivity index (χ0) is 18.9. The largest absolute Gasteiger partial charge is 0.455 e. The lowest BCUT2D eigenvalue weighted by Crippen LogP contribution is -2.22. The van der Waals surface area contributed by atoms with Crippen molar-refractivity contribution in [1.82, 2.24) is 5.16 Å². The maximum atomic E-state index is 11.8. The van der Waals surface area contributed by atoms with E-state index in [1.807, 2.05) is 19.1 Å². The highest BCUT2D eigenvalue weighted by molar-refractivity contribution is 8.00. The van der Waals surface area contributed by atoms with Gasteiger partial charge in [0.15, 0.2) is 12.4 Å². The van der Waals surface area contributed by atoms with Crippen LogP contribution in [0.2, 0.25) is 0 Å². The van der Waals surface area contributed by atoms with E-state index in [-0.39, 0.29) is 24.0 Å². The number of para-hydroxylation sites is 1. The van der Waals surface area contributed by atoms with Crippen molar-refractivity contribution in [3.63, 3.8) is 0 Å². The topological polar surface area (TPSA) is 111 Å². The molecule has 0 fully saturated rings. The molecule has 2 N–H and O–H groups in total. The van der Waals surface area contributed by atoms with Crippen molar-refractivity contribution in [1.29, 1.82) is 0 Å². The lowest BCUT2D eigenvalue weighted by atomic mass is 10.2. The molecule has 0 atom stereocenters. The molecule has 8 nitrogen and oxygen atoms in total. The molecule has 1 aromatic heterocycles. The van der Waals surface area contributed by atoms with Gasteiger partial charge in [0.1, 0.15) is 5.76 Å². The molecule has 9 heteroatoms. The number of thioether (sulfide) groups is 1. The van der Waals surface area contributed by atoms with Crippen LogP contribution in [0.15, 0.2) is 34.9 Å². The minimum Gasteiger partial charge on any atom is -0.455 e. The summed E-state index contributed by atoms with van der Waals surface area (Å²) in [4.78, 5) is 35.1. The highest BCUT2D eigenvalue weighted by Gasteiger charge is 2.11. The first-order chi connectivity index (χ1) is 12.4. The van der Waals surface area contributed by atoms with E-state index in [0.717, 1.165) is 17.3 Å². The number of rotatable bonds is 8. The third-order valence-electron chi connectivity index (χ3n) is 3.13. The average Bonchev–Trinajstić information content (AvgIpc) is 3.00. The number of anilines is 2. The molecule has 0 spiro atoms. The van der Waals surface area contributed by atoms with Gasteiger partial charge in [-0.1, -0.05) is 23.4 Å². The van der Waals surface area contributed by atoms with Crippen molar-refractivity contribution in [2.75, 3.05) is 28.7 Å². The van der Waals surface area contributed by atoms with Crippen molar-refractivity contribution in [2.24, 2.45) is 0 Å². The summed E-state index contributed by atoms with van der Waals surface area (Å²) in [6.07, 6.45) is 0. The van der Waals surface area contributed by atoms with Gasteiger partial charge in [0.2, 0.25) is 5.91 Å². The van der Waals surface area contributed by atoms with Gasteiger partial charge in [-0.2, -0.15) is 0 Å². The summed E-state index contributed by atoms with van der Waals surface area (Å²) in [6.45, 7) is 3.20. The first kappa shape index (κ1) is 19.5. The van der Waals surface area contributed by atoms with Gasteiger partial charge in [0, 0.05) is 11.8 Å². The van der Waals surface area contributed by atoms with Crippen LogP contribution in [0.5, 0.6) is 0 Å². The second kappa shape index (κ2) is 9.62. The van der Waals surface area contributed by atoms with Crippen molar-refractivity contribution in [2.45, 2.75) is 13.8 Å². The normalized spacial score (nSPS) is 10.2. The fourth-order valence-corrected chi connectivity index (χ4v) is 2.53. The Morgan fingerprint density at radius 3 is 2.58 bits per heavy atom. The molecule has 138 valence electrons. The molecule has 0 aliphatic heterocycles. The lowest BCUT2D eigenvalue weighted by molar-refractivity contribution is -0.144. The van der Waals surface area contributed by atoms with E-state index in [0.29, 0.717) is 17.3 Å². The molecule has 0 radical (unpaired) electrons. The van der Waals surface area contributed by atoms with Crippen LogP contribution in [-0.2, 0) is 19.1 Å². The number of nitrogens with one attached hydrogen (secondary N) is 2. The Bertz CT molecular complexity index is 790. The van der Waals surface area contributed by atoms with Crippen LogP contribution in [0.25, 0.3) is 0 Å². The molecule has 0 unspecified atom stereocenters. The molecular formula is C17H19N3O5S. The van der Waals surface area contributed by atoms with Crippen molar-refractivity contribution in [3.8, 4) is 0 Å². The summed E-state index contributed by atoms with van der Waals surface area (Å²) in [6, 6.07) is 8.88. The van der Waals surface area contributed by atoms with E-state index >= 15 is 0 Å². The van der Waals surface area contributed by atoms with Gasteiger partial charge < -0.3 is 19.9 Å². The van der Waals surface area contributed by atoms with Gasteiger partial charge in [-0.05, 0) is 25.5 Å². The number of benzene rings is 1. The monoisotopic (exact) mass is 377 g/mol.